The van der Waals surface area contributed by atoms with E-state index in [4.69, 9.17) is 4.52 Å². The molecule has 0 radical (unpaired) electrons. The first-order valence-electron chi connectivity index (χ1n) is 6.58. The molecule has 0 amide bonds. The Labute approximate surface area is 135 Å². The molecular weight excluding hydrogens is 350 g/mol. The number of thiophene rings is 1. The van der Waals surface area contributed by atoms with E-state index in [0.29, 0.717) is 18.1 Å². The third-order valence-corrected chi connectivity index (χ3v) is 4.66. The zero-order valence-corrected chi connectivity index (χ0v) is 13.9. The number of hydrogen-bond donors (Lipinski definition) is 1. The van der Waals surface area contributed by atoms with Crippen LogP contribution in [0.3, 0.4) is 0 Å². The fourth-order valence-corrected chi connectivity index (χ4v) is 3.22. The molecule has 0 bridgehead atoms. The van der Waals surface area contributed by atoms with E-state index in [2.05, 4.69) is 62.6 Å². The van der Waals surface area contributed by atoms with E-state index >= 15 is 0 Å². The maximum absolute atomic E-state index is 5.28. The van der Waals surface area contributed by atoms with Gasteiger partial charge in [-0.3, -0.25) is 0 Å². The number of halogens is 1. The van der Waals surface area contributed by atoms with E-state index in [9.17, 15) is 0 Å². The molecule has 0 spiro atoms. The van der Waals surface area contributed by atoms with Gasteiger partial charge >= 0.3 is 0 Å². The van der Waals surface area contributed by atoms with Gasteiger partial charge in [-0.2, -0.15) is 4.98 Å². The molecule has 3 rings (SSSR count). The lowest BCUT2D eigenvalue weighted by Gasteiger charge is -2.04. The summed E-state index contributed by atoms with van der Waals surface area (Å²) in [4.78, 5) is 5.41. The second-order valence-electron chi connectivity index (χ2n) is 4.68. The van der Waals surface area contributed by atoms with Crippen molar-refractivity contribution in [3.05, 3.63) is 51.6 Å². The highest BCUT2D eigenvalue weighted by molar-refractivity contribution is 9.10. The number of hydrogen-bond acceptors (Lipinski definition) is 5. The van der Waals surface area contributed by atoms with Crippen molar-refractivity contribution < 1.29 is 4.52 Å². The van der Waals surface area contributed by atoms with Crippen LogP contribution in [0.1, 0.15) is 11.5 Å². The van der Waals surface area contributed by atoms with Gasteiger partial charge in [-0.1, -0.05) is 22.9 Å². The number of rotatable bonds is 5. The standard InChI is InChI=1S/C15H14BrN3OS/c1-10-2-4-12(5-3-10)17-7-6-14-18-15(19-20-14)13-8-11(16)9-21-13/h2-5,8-9,17H,6-7H2,1H3. The van der Waals surface area contributed by atoms with Crippen LogP contribution in [0.2, 0.25) is 0 Å². The zero-order chi connectivity index (χ0) is 14.7. The number of nitrogens with zero attached hydrogens (tertiary/aromatic N) is 2. The van der Waals surface area contributed by atoms with Crippen molar-refractivity contribution >= 4 is 33.0 Å². The molecular formula is C15H14BrN3OS. The summed E-state index contributed by atoms with van der Waals surface area (Å²) in [5.74, 6) is 1.30. The maximum Gasteiger partial charge on any atom is 0.228 e. The highest BCUT2D eigenvalue weighted by Crippen LogP contribution is 2.27. The summed E-state index contributed by atoms with van der Waals surface area (Å²) in [5.41, 5.74) is 2.35. The lowest BCUT2D eigenvalue weighted by Crippen LogP contribution is -2.04. The van der Waals surface area contributed by atoms with Crippen molar-refractivity contribution in [2.45, 2.75) is 13.3 Å². The molecule has 0 aliphatic carbocycles. The second kappa shape index (κ2) is 6.41. The molecule has 0 atom stereocenters. The normalized spacial score (nSPS) is 10.8. The fourth-order valence-electron chi connectivity index (χ4n) is 1.87. The fraction of sp³-hybridized carbons (Fsp3) is 0.200. The lowest BCUT2D eigenvalue weighted by molar-refractivity contribution is 0.381. The highest BCUT2D eigenvalue weighted by atomic mass is 79.9. The molecule has 21 heavy (non-hydrogen) atoms. The summed E-state index contributed by atoms with van der Waals surface area (Å²) in [6.07, 6.45) is 0.702. The minimum atomic E-state index is 0.647. The van der Waals surface area contributed by atoms with Gasteiger partial charge in [-0.25, -0.2) is 0 Å². The summed E-state index contributed by atoms with van der Waals surface area (Å²) in [7, 11) is 0. The molecule has 1 aromatic carbocycles. The van der Waals surface area contributed by atoms with Gasteiger partial charge < -0.3 is 9.84 Å². The Morgan fingerprint density at radius 2 is 2.10 bits per heavy atom. The Kier molecular flexibility index (Phi) is 4.36. The topological polar surface area (TPSA) is 51.0 Å². The first kappa shape index (κ1) is 14.3. The number of benzene rings is 1. The van der Waals surface area contributed by atoms with E-state index in [1.807, 2.05) is 11.4 Å². The van der Waals surface area contributed by atoms with Crippen molar-refractivity contribution in [1.82, 2.24) is 10.1 Å². The SMILES string of the molecule is Cc1ccc(NCCc2nc(-c3cc(Br)cs3)no2)cc1. The van der Waals surface area contributed by atoms with Crippen LogP contribution >= 0.6 is 27.3 Å². The molecule has 4 nitrogen and oxygen atoms in total. The van der Waals surface area contributed by atoms with E-state index in [-0.39, 0.29) is 0 Å². The van der Waals surface area contributed by atoms with Crippen molar-refractivity contribution in [2.75, 3.05) is 11.9 Å². The average Bonchev–Trinajstić information content (AvgIpc) is 3.10. The molecule has 0 aliphatic rings. The number of aromatic nitrogens is 2. The quantitative estimate of drug-likeness (QED) is 0.723. The first-order chi connectivity index (χ1) is 10.2. The largest absolute Gasteiger partial charge is 0.385 e. The molecule has 0 unspecified atom stereocenters. The van der Waals surface area contributed by atoms with E-state index < -0.39 is 0 Å². The Morgan fingerprint density at radius 1 is 1.29 bits per heavy atom. The van der Waals surface area contributed by atoms with Crippen LogP contribution in [0.25, 0.3) is 10.7 Å². The Balaban J connectivity index is 1.56. The predicted octanol–water partition coefficient (Wildman–Crippen LogP) is 4.52. The minimum absolute atomic E-state index is 0.647. The average molecular weight is 364 g/mol. The summed E-state index contributed by atoms with van der Waals surface area (Å²) < 4.78 is 6.31. The Hall–Kier alpha value is -1.66. The van der Waals surface area contributed by atoms with Gasteiger partial charge in [-0.05, 0) is 41.1 Å². The van der Waals surface area contributed by atoms with Crippen LogP contribution in [-0.4, -0.2) is 16.7 Å². The molecule has 6 heteroatoms. The number of aryl methyl sites for hydroxylation is 1. The first-order valence-corrected chi connectivity index (χ1v) is 8.25. The van der Waals surface area contributed by atoms with E-state index in [1.54, 1.807) is 11.3 Å². The van der Waals surface area contributed by atoms with Crippen LogP contribution in [-0.2, 0) is 6.42 Å². The van der Waals surface area contributed by atoms with Gasteiger partial charge in [0.1, 0.15) is 0 Å². The summed E-state index contributed by atoms with van der Waals surface area (Å²) in [6, 6.07) is 10.3. The highest BCUT2D eigenvalue weighted by Gasteiger charge is 2.10. The van der Waals surface area contributed by atoms with Crippen LogP contribution in [0.15, 0.2) is 44.7 Å². The molecule has 2 aromatic heterocycles. The van der Waals surface area contributed by atoms with Gasteiger partial charge in [0.15, 0.2) is 0 Å². The van der Waals surface area contributed by atoms with Crippen molar-refractivity contribution in [2.24, 2.45) is 0 Å². The molecule has 0 saturated carbocycles. The summed E-state index contributed by atoms with van der Waals surface area (Å²) in [5, 5.41) is 9.36. The number of nitrogens with one attached hydrogen (secondary N) is 1. The molecule has 0 saturated heterocycles. The second-order valence-corrected chi connectivity index (χ2v) is 6.51. The van der Waals surface area contributed by atoms with Crippen LogP contribution in [0, 0.1) is 6.92 Å². The minimum Gasteiger partial charge on any atom is -0.385 e. The monoisotopic (exact) mass is 363 g/mol. The van der Waals surface area contributed by atoms with Crippen molar-refractivity contribution in [3.63, 3.8) is 0 Å². The smallest absolute Gasteiger partial charge is 0.228 e. The van der Waals surface area contributed by atoms with Gasteiger partial charge in [0.2, 0.25) is 11.7 Å². The van der Waals surface area contributed by atoms with Crippen molar-refractivity contribution in [1.29, 1.82) is 0 Å². The molecule has 1 N–H and O–H groups in total. The van der Waals surface area contributed by atoms with Gasteiger partial charge in [0, 0.05) is 28.5 Å². The molecule has 0 aliphatic heterocycles. The Morgan fingerprint density at radius 3 is 2.81 bits per heavy atom. The predicted molar refractivity (Wildman–Crippen MR) is 88.7 cm³/mol. The van der Waals surface area contributed by atoms with Crippen LogP contribution in [0.5, 0.6) is 0 Å². The lowest BCUT2D eigenvalue weighted by atomic mass is 10.2. The van der Waals surface area contributed by atoms with E-state index in [0.717, 1.165) is 21.6 Å². The zero-order valence-electron chi connectivity index (χ0n) is 11.5. The third-order valence-electron chi connectivity index (χ3n) is 2.98. The van der Waals surface area contributed by atoms with Gasteiger partial charge in [-0.15, -0.1) is 11.3 Å². The number of anilines is 1. The summed E-state index contributed by atoms with van der Waals surface area (Å²) in [6.45, 7) is 2.84. The molecule has 2 heterocycles. The summed E-state index contributed by atoms with van der Waals surface area (Å²) >= 11 is 5.01. The maximum atomic E-state index is 5.28. The van der Waals surface area contributed by atoms with E-state index in [1.165, 1.54) is 5.56 Å². The van der Waals surface area contributed by atoms with Gasteiger partial charge in [0.05, 0.1) is 4.88 Å². The van der Waals surface area contributed by atoms with Crippen LogP contribution in [0.4, 0.5) is 5.69 Å². The third kappa shape index (κ3) is 3.71. The van der Waals surface area contributed by atoms with Crippen LogP contribution < -0.4 is 5.32 Å². The molecule has 0 fully saturated rings. The van der Waals surface area contributed by atoms with Crippen molar-refractivity contribution in [3.8, 4) is 10.7 Å². The van der Waals surface area contributed by atoms with Gasteiger partial charge in [0.25, 0.3) is 0 Å². The molecule has 108 valence electrons. The molecule has 3 aromatic rings. The Bertz CT molecular complexity index is 721.